The van der Waals surface area contributed by atoms with Gasteiger partial charge in [-0.05, 0) is 30.7 Å². The van der Waals surface area contributed by atoms with Gasteiger partial charge in [-0.3, -0.25) is 0 Å². The van der Waals surface area contributed by atoms with Crippen molar-refractivity contribution in [1.82, 2.24) is 10.3 Å². The predicted octanol–water partition coefficient (Wildman–Crippen LogP) is 3.48. The normalized spacial score (nSPS) is 10.5. The van der Waals surface area contributed by atoms with E-state index in [-0.39, 0.29) is 6.03 Å². The van der Waals surface area contributed by atoms with E-state index >= 15 is 0 Å². The highest BCUT2D eigenvalue weighted by Gasteiger charge is 2.02. The molecule has 0 fully saturated rings. The van der Waals surface area contributed by atoms with Crippen LogP contribution in [0.15, 0.2) is 30.5 Å². The monoisotopic (exact) mass is 245 g/mol. The maximum absolute atomic E-state index is 11.6. The first-order valence-corrected chi connectivity index (χ1v) is 6.41. The molecular formula is C14H19N3O. The summed E-state index contributed by atoms with van der Waals surface area (Å²) in [6, 6.07) is 7.66. The number of hydrogen-bond donors (Lipinski definition) is 3. The van der Waals surface area contributed by atoms with Gasteiger partial charge < -0.3 is 15.6 Å². The van der Waals surface area contributed by atoms with Gasteiger partial charge in [0.15, 0.2) is 0 Å². The van der Waals surface area contributed by atoms with Crippen molar-refractivity contribution in [3.63, 3.8) is 0 Å². The van der Waals surface area contributed by atoms with E-state index < -0.39 is 0 Å². The van der Waals surface area contributed by atoms with Crippen molar-refractivity contribution in [2.75, 3.05) is 11.9 Å². The quantitative estimate of drug-likeness (QED) is 0.694. The topological polar surface area (TPSA) is 56.9 Å². The van der Waals surface area contributed by atoms with Crippen LogP contribution in [0, 0.1) is 0 Å². The van der Waals surface area contributed by atoms with Crippen molar-refractivity contribution in [1.29, 1.82) is 0 Å². The number of aromatic nitrogens is 1. The fraction of sp³-hybridized carbons (Fsp3) is 0.357. The summed E-state index contributed by atoms with van der Waals surface area (Å²) in [4.78, 5) is 14.7. The number of H-pyrrole nitrogens is 1. The smallest absolute Gasteiger partial charge is 0.319 e. The lowest BCUT2D eigenvalue weighted by Gasteiger charge is -2.07. The minimum atomic E-state index is -0.138. The van der Waals surface area contributed by atoms with Crippen LogP contribution in [0.2, 0.25) is 0 Å². The number of carbonyl (C=O) groups is 1. The lowest BCUT2D eigenvalue weighted by molar-refractivity contribution is 0.252. The van der Waals surface area contributed by atoms with Crippen molar-refractivity contribution in [2.24, 2.45) is 0 Å². The summed E-state index contributed by atoms with van der Waals surface area (Å²) in [6.07, 6.45) is 5.23. The Morgan fingerprint density at radius 2 is 2.17 bits per heavy atom. The van der Waals surface area contributed by atoms with Gasteiger partial charge in [0, 0.05) is 29.3 Å². The Kier molecular flexibility index (Phi) is 4.23. The van der Waals surface area contributed by atoms with Crippen LogP contribution in [0.25, 0.3) is 10.9 Å². The zero-order chi connectivity index (χ0) is 12.8. The van der Waals surface area contributed by atoms with Crippen LogP contribution in [0.1, 0.15) is 26.2 Å². The van der Waals surface area contributed by atoms with Gasteiger partial charge in [0.1, 0.15) is 0 Å². The van der Waals surface area contributed by atoms with Gasteiger partial charge in [0.2, 0.25) is 0 Å². The van der Waals surface area contributed by atoms with Gasteiger partial charge in [-0.15, -0.1) is 0 Å². The number of aromatic amines is 1. The number of fused-ring (bicyclic) bond motifs is 1. The molecule has 2 amide bonds. The molecule has 0 saturated heterocycles. The van der Waals surface area contributed by atoms with E-state index in [1.165, 1.54) is 0 Å². The summed E-state index contributed by atoms with van der Waals surface area (Å²) >= 11 is 0. The second-order valence-corrected chi connectivity index (χ2v) is 4.37. The molecule has 0 unspecified atom stereocenters. The Bertz CT molecular complexity index is 518. The van der Waals surface area contributed by atoms with Gasteiger partial charge in [0.25, 0.3) is 0 Å². The third-order valence-corrected chi connectivity index (χ3v) is 2.88. The van der Waals surface area contributed by atoms with Crippen molar-refractivity contribution in [2.45, 2.75) is 26.2 Å². The van der Waals surface area contributed by atoms with Crippen LogP contribution in [-0.4, -0.2) is 17.6 Å². The highest BCUT2D eigenvalue weighted by Crippen LogP contribution is 2.17. The van der Waals surface area contributed by atoms with E-state index in [0.717, 1.165) is 42.4 Å². The second-order valence-electron chi connectivity index (χ2n) is 4.37. The Balaban J connectivity index is 1.86. The molecule has 0 bridgehead atoms. The molecule has 0 radical (unpaired) electrons. The lowest BCUT2D eigenvalue weighted by Crippen LogP contribution is -2.29. The van der Waals surface area contributed by atoms with Gasteiger partial charge in [-0.25, -0.2) is 4.79 Å². The molecule has 3 N–H and O–H groups in total. The van der Waals surface area contributed by atoms with Crippen LogP contribution in [0.4, 0.5) is 10.5 Å². The molecule has 1 aromatic carbocycles. The molecular weight excluding hydrogens is 226 g/mol. The van der Waals surface area contributed by atoms with Crippen molar-refractivity contribution in [3.05, 3.63) is 30.5 Å². The van der Waals surface area contributed by atoms with Crippen LogP contribution in [0.3, 0.4) is 0 Å². The van der Waals surface area contributed by atoms with E-state index in [2.05, 4.69) is 22.5 Å². The van der Waals surface area contributed by atoms with Crippen molar-refractivity contribution < 1.29 is 4.79 Å². The summed E-state index contributed by atoms with van der Waals surface area (Å²) in [5.74, 6) is 0. The van der Waals surface area contributed by atoms with Crippen molar-refractivity contribution in [3.8, 4) is 0 Å². The zero-order valence-electron chi connectivity index (χ0n) is 10.6. The van der Waals surface area contributed by atoms with Gasteiger partial charge in [-0.2, -0.15) is 0 Å². The first-order valence-electron chi connectivity index (χ1n) is 6.41. The number of hydrogen-bond acceptors (Lipinski definition) is 1. The van der Waals surface area contributed by atoms with Gasteiger partial charge in [0.05, 0.1) is 0 Å². The Morgan fingerprint density at radius 3 is 3.00 bits per heavy atom. The first kappa shape index (κ1) is 12.5. The van der Waals surface area contributed by atoms with Crippen LogP contribution < -0.4 is 10.6 Å². The molecule has 0 aliphatic rings. The van der Waals surface area contributed by atoms with E-state index in [1.54, 1.807) is 0 Å². The molecule has 1 heterocycles. The van der Waals surface area contributed by atoms with Gasteiger partial charge >= 0.3 is 6.03 Å². The first-order chi connectivity index (χ1) is 8.79. The SMILES string of the molecule is CCCCCNC(=O)Nc1ccc2[nH]ccc2c1. The fourth-order valence-electron chi connectivity index (χ4n) is 1.88. The van der Waals surface area contributed by atoms with Crippen LogP contribution in [0.5, 0.6) is 0 Å². The number of anilines is 1. The standard InChI is InChI=1S/C14H19N3O/c1-2-3-4-8-16-14(18)17-12-5-6-13-11(10-12)7-9-15-13/h5-7,9-10,15H,2-4,8H2,1H3,(H2,16,17,18). The molecule has 0 saturated carbocycles. The molecule has 0 spiro atoms. The molecule has 18 heavy (non-hydrogen) atoms. The van der Waals surface area contributed by atoms with E-state index in [4.69, 9.17) is 0 Å². The molecule has 4 heteroatoms. The summed E-state index contributed by atoms with van der Waals surface area (Å²) in [5.41, 5.74) is 1.89. The zero-order valence-corrected chi connectivity index (χ0v) is 10.6. The number of rotatable bonds is 5. The molecule has 2 aromatic rings. The molecule has 1 aromatic heterocycles. The third-order valence-electron chi connectivity index (χ3n) is 2.88. The highest BCUT2D eigenvalue weighted by atomic mass is 16.2. The largest absolute Gasteiger partial charge is 0.361 e. The Labute approximate surface area is 107 Å². The summed E-state index contributed by atoms with van der Waals surface area (Å²) in [5, 5.41) is 6.78. The minimum absolute atomic E-state index is 0.138. The number of carbonyl (C=O) groups excluding carboxylic acids is 1. The number of benzene rings is 1. The predicted molar refractivity (Wildman–Crippen MR) is 74.8 cm³/mol. The number of urea groups is 1. The molecule has 2 rings (SSSR count). The molecule has 96 valence electrons. The van der Waals surface area contributed by atoms with E-state index in [1.807, 2.05) is 30.5 Å². The van der Waals surface area contributed by atoms with E-state index in [0.29, 0.717) is 0 Å². The average Bonchev–Trinajstić information content (AvgIpc) is 2.82. The maximum Gasteiger partial charge on any atom is 0.319 e. The molecule has 0 atom stereocenters. The second kappa shape index (κ2) is 6.10. The Hall–Kier alpha value is -1.97. The number of amides is 2. The molecule has 0 aliphatic heterocycles. The summed E-state index contributed by atoms with van der Waals surface area (Å²) in [6.45, 7) is 2.87. The lowest BCUT2D eigenvalue weighted by atomic mass is 10.2. The average molecular weight is 245 g/mol. The van der Waals surface area contributed by atoms with Crippen molar-refractivity contribution >= 4 is 22.6 Å². The fourth-order valence-corrected chi connectivity index (χ4v) is 1.88. The van der Waals surface area contributed by atoms with Crippen LogP contribution in [-0.2, 0) is 0 Å². The number of unbranched alkanes of at least 4 members (excludes halogenated alkanes) is 2. The molecule has 0 aliphatic carbocycles. The highest BCUT2D eigenvalue weighted by molar-refractivity contribution is 5.92. The summed E-state index contributed by atoms with van der Waals surface area (Å²) in [7, 11) is 0. The van der Waals surface area contributed by atoms with E-state index in [9.17, 15) is 4.79 Å². The number of nitrogens with one attached hydrogen (secondary N) is 3. The summed E-state index contributed by atoms with van der Waals surface area (Å²) < 4.78 is 0. The van der Waals surface area contributed by atoms with Crippen LogP contribution >= 0.6 is 0 Å². The maximum atomic E-state index is 11.6. The third kappa shape index (κ3) is 3.26. The van der Waals surface area contributed by atoms with Gasteiger partial charge in [-0.1, -0.05) is 19.8 Å². The minimum Gasteiger partial charge on any atom is -0.361 e. The molecule has 4 nitrogen and oxygen atoms in total. The Morgan fingerprint density at radius 1 is 1.28 bits per heavy atom.